The number of aliphatic imine (C=N–C) groups is 2. The van der Waals surface area contributed by atoms with E-state index in [0.29, 0.717) is 0 Å². The van der Waals surface area contributed by atoms with Crippen molar-refractivity contribution in [2.45, 2.75) is 12.8 Å². The van der Waals surface area contributed by atoms with Crippen molar-refractivity contribution in [3.05, 3.63) is 107 Å². The van der Waals surface area contributed by atoms with E-state index in [1.807, 2.05) is 24.6 Å². The Kier molecular flexibility index (Phi) is 6.92. The molecule has 3 rings (SSSR count). The summed E-state index contributed by atoms with van der Waals surface area (Å²) in [6.45, 7) is 1.62. The Labute approximate surface area is 156 Å². The highest BCUT2D eigenvalue weighted by molar-refractivity contribution is 5.84. The summed E-state index contributed by atoms with van der Waals surface area (Å²) in [5.74, 6) is 0. The molecule has 26 heavy (non-hydrogen) atoms. The zero-order chi connectivity index (χ0) is 17.9. The van der Waals surface area contributed by atoms with E-state index in [1.54, 1.807) is 0 Å². The summed E-state index contributed by atoms with van der Waals surface area (Å²) in [4.78, 5) is 9.03. The van der Waals surface area contributed by atoms with Crippen LogP contribution in [0.5, 0.6) is 0 Å². The van der Waals surface area contributed by atoms with Crippen molar-refractivity contribution in [1.29, 1.82) is 0 Å². The quantitative estimate of drug-likeness (QED) is 0.515. The van der Waals surface area contributed by atoms with Gasteiger partial charge < -0.3 is 0 Å². The van der Waals surface area contributed by atoms with Gasteiger partial charge in [0, 0.05) is 25.5 Å². The van der Waals surface area contributed by atoms with Gasteiger partial charge in [0.1, 0.15) is 0 Å². The lowest BCUT2D eigenvalue weighted by atomic mass is 10.1. The fraction of sp³-hybridized carbons (Fsp3) is 0.167. The number of hydrogen-bond donors (Lipinski definition) is 0. The largest absolute Gasteiger partial charge is 0.292 e. The van der Waals surface area contributed by atoms with Gasteiger partial charge in [-0.3, -0.25) is 9.98 Å². The van der Waals surface area contributed by atoms with Crippen LogP contribution in [0.15, 0.2) is 94.9 Å². The molecule has 0 heterocycles. The summed E-state index contributed by atoms with van der Waals surface area (Å²) >= 11 is 0. The van der Waals surface area contributed by atoms with Crippen LogP contribution in [0.4, 0.5) is 0 Å². The van der Waals surface area contributed by atoms with E-state index in [1.165, 1.54) is 11.1 Å². The predicted octanol–water partition coefficient (Wildman–Crippen LogP) is 5.01. The lowest BCUT2D eigenvalue weighted by Gasteiger charge is -1.98. The Hall–Kier alpha value is -3.00. The minimum Gasteiger partial charge on any atom is -0.292 e. The van der Waals surface area contributed by atoms with Gasteiger partial charge in [0.2, 0.25) is 0 Å². The molecule has 0 unspecified atom stereocenters. The van der Waals surface area contributed by atoms with Crippen LogP contribution in [-0.2, 0) is 12.8 Å². The maximum absolute atomic E-state index is 4.52. The maximum Gasteiger partial charge on any atom is 0.0429 e. The molecule has 130 valence electrons. The summed E-state index contributed by atoms with van der Waals surface area (Å²) in [5, 5.41) is 0. The molecule has 3 aromatic rings. The Morgan fingerprint density at radius 1 is 0.500 bits per heavy atom. The Morgan fingerprint density at radius 3 is 1.27 bits per heavy atom. The first-order valence-electron chi connectivity index (χ1n) is 9.08. The van der Waals surface area contributed by atoms with Crippen LogP contribution in [-0.4, -0.2) is 25.5 Å². The van der Waals surface area contributed by atoms with E-state index in [9.17, 15) is 0 Å². The average molecular weight is 340 g/mol. The second-order valence-electron chi connectivity index (χ2n) is 6.21. The average Bonchev–Trinajstić information content (AvgIpc) is 2.71. The molecule has 0 saturated carbocycles. The van der Waals surface area contributed by atoms with Gasteiger partial charge in [0.25, 0.3) is 0 Å². The highest BCUT2D eigenvalue weighted by atomic mass is 14.7. The predicted molar refractivity (Wildman–Crippen MR) is 112 cm³/mol. The SMILES string of the molecule is C(=NCCc1ccccc1)c1ccc(C=NCCc2ccccc2)cc1. The standard InChI is InChI=1S/C24H24N2/c1-3-7-21(8-4-1)15-17-25-19-23-11-13-24(14-12-23)20-26-18-16-22-9-5-2-6-10-22/h1-14,19-20H,15-18H2. The molecule has 0 aliphatic carbocycles. The van der Waals surface area contributed by atoms with E-state index >= 15 is 0 Å². The van der Waals surface area contributed by atoms with Gasteiger partial charge in [-0.2, -0.15) is 0 Å². The molecule has 0 N–H and O–H groups in total. The molecule has 2 heteroatoms. The van der Waals surface area contributed by atoms with Gasteiger partial charge >= 0.3 is 0 Å². The van der Waals surface area contributed by atoms with E-state index in [4.69, 9.17) is 0 Å². The molecule has 0 aliphatic rings. The van der Waals surface area contributed by atoms with Gasteiger partial charge in [-0.1, -0.05) is 84.9 Å². The normalized spacial score (nSPS) is 11.4. The maximum atomic E-state index is 4.52. The molecule has 0 amide bonds. The number of hydrogen-bond acceptors (Lipinski definition) is 2. The first-order chi connectivity index (χ1) is 12.9. The third-order valence-corrected chi connectivity index (χ3v) is 4.16. The van der Waals surface area contributed by atoms with Crippen molar-refractivity contribution in [2.24, 2.45) is 9.98 Å². The molecule has 0 saturated heterocycles. The third kappa shape index (κ3) is 6.14. The second kappa shape index (κ2) is 10.1. The van der Waals surface area contributed by atoms with Gasteiger partial charge in [-0.05, 0) is 35.1 Å². The summed E-state index contributed by atoms with van der Waals surface area (Å²) in [7, 11) is 0. The van der Waals surface area contributed by atoms with Crippen molar-refractivity contribution in [3.8, 4) is 0 Å². The van der Waals surface area contributed by atoms with E-state index in [-0.39, 0.29) is 0 Å². The van der Waals surface area contributed by atoms with Crippen molar-refractivity contribution in [2.75, 3.05) is 13.1 Å². The monoisotopic (exact) mass is 340 g/mol. The van der Waals surface area contributed by atoms with E-state index < -0.39 is 0 Å². The smallest absolute Gasteiger partial charge is 0.0429 e. The number of nitrogens with zero attached hydrogens (tertiary/aromatic N) is 2. The van der Waals surface area contributed by atoms with Crippen LogP contribution in [0.3, 0.4) is 0 Å². The number of rotatable bonds is 8. The number of benzene rings is 3. The molecule has 0 radical (unpaired) electrons. The highest BCUT2D eigenvalue weighted by Crippen LogP contribution is 2.03. The van der Waals surface area contributed by atoms with Crippen LogP contribution >= 0.6 is 0 Å². The van der Waals surface area contributed by atoms with Gasteiger partial charge in [0.15, 0.2) is 0 Å². The summed E-state index contributed by atoms with van der Waals surface area (Å²) in [5.41, 5.74) is 4.90. The van der Waals surface area contributed by atoms with Gasteiger partial charge in [-0.15, -0.1) is 0 Å². The van der Waals surface area contributed by atoms with Crippen molar-refractivity contribution in [3.63, 3.8) is 0 Å². The van der Waals surface area contributed by atoms with Crippen LogP contribution in [0.1, 0.15) is 22.3 Å². The lowest BCUT2D eigenvalue weighted by Crippen LogP contribution is -1.92. The van der Waals surface area contributed by atoms with Crippen molar-refractivity contribution >= 4 is 12.4 Å². The fourth-order valence-corrected chi connectivity index (χ4v) is 2.68. The van der Waals surface area contributed by atoms with Gasteiger partial charge in [-0.25, -0.2) is 0 Å². The molecular weight excluding hydrogens is 316 g/mol. The molecule has 0 spiro atoms. The van der Waals surface area contributed by atoms with E-state index in [2.05, 4.69) is 82.8 Å². The zero-order valence-corrected chi connectivity index (χ0v) is 15.0. The van der Waals surface area contributed by atoms with Crippen LogP contribution < -0.4 is 0 Å². The van der Waals surface area contributed by atoms with E-state index in [0.717, 1.165) is 37.1 Å². The molecule has 3 aromatic carbocycles. The summed E-state index contributed by atoms with van der Waals surface area (Å²) in [6, 6.07) is 29.3. The second-order valence-corrected chi connectivity index (χ2v) is 6.21. The first-order valence-corrected chi connectivity index (χ1v) is 9.08. The Morgan fingerprint density at radius 2 is 0.885 bits per heavy atom. The lowest BCUT2D eigenvalue weighted by molar-refractivity contribution is 0.973. The minimum atomic E-state index is 0.812. The zero-order valence-electron chi connectivity index (χ0n) is 15.0. The fourth-order valence-electron chi connectivity index (χ4n) is 2.68. The van der Waals surface area contributed by atoms with Crippen LogP contribution in [0.2, 0.25) is 0 Å². The van der Waals surface area contributed by atoms with Crippen molar-refractivity contribution < 1.29 is 0 Å². The molecule has 0 atom stereocenters. The Balaban J connectivity index is 1.42. The molecule has 0 bridgehead atoms. The molecular formula is C24H24N2. The molecule has 2 nitrogen and oxygen atoms in total. The first kappa shape index (κ1) is 17.8. The third-order valence-electron chi connectivity index (χ3n) is 4.16. The topological polar surface area (TPSA) is 24.7 Å². The van der Waals surface area contributed by atoms with Crippen LogP contribution in [0.25, 0.3) is 0 Å². The van der Waals surface area contributed by atoms with Crippen molar-refractivity contribution in [1.82, 2.24) is 0 Å². The summed E-state index contributed by atoms with van der Waals surface area (Å²) < 4.78 is 0. The molecule has 0 aliphatic heterocycles. The highest BCUT2D eigenvalue weighted by Gasteiger charge is 1.92. The molecule has 0 fully saturated rings. The van der Waals surface area contributed by atoms with Crippen LogP contribution in [0, 0.1) is 0 Å². The van der Waals surface area contributed by atoms with Gasteiger partial charge in [0.05, 0.1) is 0 Å². The minimum absolute atomic E-state index is 0.812. The molecule has 0 aromatic heterocycles. The Bertz CT molecular complexity index is 747. The summed E-state index contributed by atoms with van der Waals surface area (Å²) in [6.07, 6.45) is 5.84.